The molecule has 18 heavy (non-hydrogen) atoms. The van der Waals surface area contributed by atoms with Crippen LogP contribution in [0.5, 0.6) is 0 Å². The van der Waals surface area contributed by atoms with Gasteiger partial charge in [0.25, 0.3) is 0 Å². The van der Waals surface area contributed by atoms with Crippen LogP contribution >= 0.6 is 0 Å². The third-order valence-electron chi connectivity index (χ3n) is 3.49. The molecule has 1 fully saturated rings. The Kier molecular flexibility index (Phi) is 4.88. The summed E-state index contributed by atoms with van der Waals surface area (Å²) in [6.07, 6.45) is 6.07. The Morgan fingerprint density at radius 3 is 2.33 bits per heavy atom. The monoisotopic (exact) mass is 249 g/mol. The van der Waals surface area contributed by atoms with Gasteiger partial charge in [0.2, 0.25) is 0 Å². The summed E-state index contributed by atoms with van der Waals surface area (Å²) in [4.78, 5) is 14.2. The topological polar surface area (TPSA) is 20.3 Å². The van der Waals surface area contributed by atoms with E-state index in [1.165, 1.54) is 25.3 Å². The zero-order valence-corrected chi connectivity index (χ0v) is 10.7. The van der Waals surface area contributed by atoms with Crippen molar-refractivity contribution in [2.24, 2.45) is 0 Å². The lowest BCUT2D eigenvalue weighted by Crippen LogP contribution is -2.33. The second-order valence-electron chi connectivity index (χ2n) is 4.95. The molecule has 98 valence electrons. The molecule has 0 spiro atoms. The molecule has 0 aliphatic carbocycles. The van der Waals surface area contributed by atoms with E-state index in [1.54, 1.807) is 18.2 Å². The number of likely N-dealkylation sites (tertiary alicyclic amines) is 1. The predicted octanol–water partition coefficient (Wildman–Crippen LogP) is 3.27. The number of nitrogens with zero attached hydrogens (tertiary/aromatic N) is 1. The fraction of sp³-hybridized carbons (Fsp3) is 0.533. The summed E-state index contributed by atoms with van der Waals surface area (Å²) in [5.74, 6) is -0.511. The molecule has 0 unspecified atom stereocenters. The largest absolute Gasteiger partial charge is 0.296 e. The van der Waals surface area contributed by atoms with Crippen molar-refractivity contribution < 1.29 is 9.18 Å². The van der Waals surface area contributed by atoms with Gasteiger partial charge < -0.3 is 0 Å². The molecule has 0 saturated carbocycles. The van der Waals surface area contributed by atoms with Gasteiger partial charge in [0.15, 0.2) is 5.78 Å². The van der Waals surface area contributed by atoms with Gasteiger partial charge >= 0.3 is 0 Å². The number of carbonyl (C=O) groups is 1. The highest BCUT2D eigenvalue weighted by molar-refractivity contribution is 5.97. The summed E-state index contributed by atoms with van der Waals surface area (Å²) < 4.78 is 13.5. The van der Waals surface area contributed by atoms with Crippen molar-refractivity contribution in [1.29, 1.82) is 0 Å². The van der Waals surface area contributed by atoms with Crippen molar-refractivity contribution in [3.05, 3.63) is 35.6 Å². The lowest BCUT2D eigenvalue weighted by Gasteiger charge is -2.23. The Labute approximate surface area is 108 Å². The number of hydrogen-bond acceptors (Lipinski definition) is 2. The first-order valence-electron chi connectivity index (χ1n) is 6.77. The quantitative estimate of drug-likeness (QED) is 0.766. The molecule has 1 aliphatic rings. The van der Waals surface area contributed by atoms with Gasteiger partial charge in [-0.1, -0.05) is 31.4 Å². The molecule has 0 radical (unpaired) electrons. The summed E-state index contributed by atoms with van der Waals surface area (Å²) in [6, 6.07) is 6.24. The van der Waals surface area contributed by atoms with Gasteiger partial charge in [-0.2, -0.15) is 0 Å². The number of ketones is 1. The van der Waals surface area contributed by atoms with E-state index in [1.807, 2.05) is 0 Å². The van der Waals surface area contributed by atoms with Gasteiger partial charge in [0, 0.05) is 0 Å². The van der Waals surface area contributed by atoms with Crippen LogP contribution in [0.25, 0.3) is 0 Å². The van der Waals surface area contributed by atoms with Crippen LogP contribution in [-0.4, -0.2) is 30.3 Å². The maximum atomic E-state index is 13.5. The summed E-state index contributed by atoms with van der Waals surface area (Å²) in [6.45, 7) is 2.27. The lowest BCUT2D eigenvalue weighted by molar-refractivity contribution is 0.0920. The van der Waals surface area contributed by atoms with Crippen molar-refractivity contribution in [2.45, 2.75) is 32.1 Å². The van der Waals surface area contributed by atoms with Crippen LogP contribution in [0.3, 0.4) is 0 Å². The van der Waals surface area contributed by atoms with E-state index in [-0.39, 0.29) is 11.3 Å². The number of carbonyl (C=O) groups excluding carboxylic acids is 1. The van der Waals surface area contributed by atoms with Crippen LogP contribution in [0.4, 0.5) is 4.39 Å². The minimum Gasteiger partial charge on any atom is -0.296 e. The zero-order chi connectivity index (χ0) is 12.8. The van der Waals surface area contributed by atoms with Crippen molar-refractivity contribution in [1.82, 2.24) is 4.90 Å². The fourth-order valence-electron chi connectivity index (χ4n) is 2.45. The van der Waals surface area contributed by atoms with E-state index < -0.39 is 5.82 Å². The Morgan fingerprint density at radius 2 is 1.67 bits per heavy atom. The van der Waals surface area contributed by atoms with E-state index in [0.29, 0.717) is 6.54 Å². The van der Waals surface area contributed by atoms with Crippen LogP contribution in [0.15, 0.2) is 24.3 Å². The normalized spacial score (nSPS) is 18.1. The number of halogens is 1. The van der Waals surface area contributed by atoms with Crippen molar-refractivity contribution >= 4 is 5.78 Å². The highest BCUT2D eigenvalue weighted by Gasteiger charge is 2.16. The maximum Gasteiger partial charge on any atom is 0.179 e. The van der Waals surface area contributed by atoms with Gasteiger partial charge in [-0.25, -0.2) is 4.39 Å². The molecule has 2 rings (SSSR count). The Hall–Kier alpha value is -1.22. The van der Waals surface area contributed by atoms with Crippen LogP contribution < -0.4 is 0 Å². The molecular weight excluding hydrogens is 229 g/mol. The molecule has 1 heterocycles. The lowest BCUT2D eigenvalue weighted by atomic mass is 10.1. The first-order valence-corrected chi connectivity index (χ1v) is 6.77. The van der Waals surface area contributed by atoms with E-state index >= 15 is 0 Å². The van der Waals surface area contributed by atoms with Crippen LogP contribution in [0.2, 0.25) is 0 Å². The molecule has 1 aliphatic heterocycles. The molecule has 0 aromatic heterocycles. The summed E-state index contributed by atoms with van der Waals surface area (Å²) >= 11 is 0. The van der Waals surface area contributed by atoms with Gasteiger partial charge in [0.05, 0.1) is 12.1 Å². The second kappa shape index (κ2) is 6.64. The molecule has 2 nitrogen and oxygen atoms in total. The van der Waals surface area contributed by atoms with Gasteiger partial charge in [-0.3, -0.25) is 9.69 Å². The van der Waals surface area contributed by atoms with Crippen LogP contribution in [0.1, 0.15) is 42.5 Å². The first kappa shape index (κ1) is 13.2. The first-order chi connectivity index (χ1) is 8.77. The van der Waals surface area contributed by atoms with E-state index in [9.17, 15) is 9.18 Å². The fourth-order valence-corrected chi connectivity index (χ4v) is 2.45. The number of rotatable bonds is 3. The SMILES string of the molecule is O=C(CN1CCCCCCC1)c1ccccc1F. The van der Waals surface area contributed by atoms with Gasteiger partial charge in [-0.05, 0) is 38.1 Å². The highest BCUT2D eigenvalue weighted by atomic mass is 19.1. The van der Waals surface area contributed by atoms with Crippen LogP contribution in [0, 0.1) is 5.82 Å². The third kappa shape index (κ3) is 3.64. The predicted molar refractivity (Wildman–Crippen MR) is 70.3 cm³/mol. The van der Waals surface area contributed by atoms with Gasteiger partial charge in [-0.15, -0.1) is 0 Å². The second-order valence-corrected chi connectivity index (χ2v) is 4.95. The molecule has 0 atom stereocenters. The Balaban J connectivity index is 1.95. The Bertz CT molecular complexity index is 397. The van der Waals surface area contributed by atoms with E-state index in [0.717, 1.165) is 25.9 Å². The molecule has 0 amide bonds. The molecule has 1 aromatic carbocycles. The Morgan fingerprint density at radius 1 is 1.06 bits per heavy atom. The van der Waals surface area contributed by atoms with Gasteiger partial charge in [0.1, 0.15) is 5.82 Å². The smallest absolute Gasteiger partial charge is 0.179 e. The van der Waals surface area contributed by atoms with Crippen molar-refractivity contribution in [3.8, 4) is 0 Å². The molecule has 1 saturated heterocycles. The van der Waals surface area contributed by atoms with E-state index in [4.69, 9.17) is 0 Å². The summed E-state index contributed by atoms with van der Waals surface area (Å²) in [7, 11) is 0. The molecule has 3 heteroatoms. The minimum absolute atomic E-state index is 0.103. The van der Waals surface area contributed by atoms with Crippen molar-refractivity contribution in [3.63, 3.8) is 0 Å². The number of Topliss-reactive ketones (excluding diaryl/α,β-unsaturated/α-hetero) is 1. The average Bonchev–Trinajstić information content (AvgIpc) is 2.33. The highest BCUT2D eigenvalue weighted by Crippen LogP contribution is 2.12. The maximum absolute atomic E-state index is 13.5. The van der Waals surface area contributed by atoms with Crippen LogP contribution in [-0.2, 0) is 0 Å². The minimum atomic E-state index is -0.408. The number of benzene rings is 1. The van der Waals surface area contributed by atoms with Crippen molar-refractivity contribution in [2.75, 3.05) is 19.6 Å². The molecular formula is C15H20FNO. The third-order valence-corrected chi connectivity index (χ3v) is 3.49. The van der Waals surface area contributed by atoms with E-state index in [2.05, 4.69) is 4.90 Å². The summed E-state index contributed by atoms with van der Waals surface area (Å²) in [5, 5.41) is 0. The standard InChI is InChI=1S/C15H20FNO/c16-14-9-5-4-8-13(14)15(18)12-17-10-6-2-1-3-7-11-17/h4-5,8-9H,1-3,6-7,10-12H2. The average molecular weight is 249 g/mol. The zero-order valence-electron chi connectivity index (χ0n) is 10.7. The molecule has 0 bridgehead atoms. The number of hydrogen-bond donors (Lipinski definition) is 0. The molecule has 0 N–H and O–H groups in total. The summed E-state index contributed by atoms with van der Waals surface area (Å²) in [5.41, 5.74) is 0.222. The molecule has 1 aromatic rings.